The zero-order valence-corrected chi connectivity index (χ0v) is 15.5. The van der Waals surface area contributed by atoms with Crippen molar-refractivity contribution in [2.45, 2.75) is 45.8 Å². The Bertz CT molecular complexity index is 485. The molecule has 1 aliphatic rings. The van der Waals surface area contributed by atoms with Crippen LogP contribution in [0, 0.1) is 0 Å². The molecule has 0 aromatic heterocycles. The first-order chi connectivity index (χ1) is 9.79. The highest BCUT2D eigenvalue weighted by Gasteiger charge is 2.31. The molecule has 0 bridgehead atoms. The molecule has 1 saturated heterocycles. The zero-order chi connectivity index (χ0) is 15.6. The minimum Gasteiger partial charge on any atom is -0.368 e. The van der Waals surface area contributed by atoms with Gasteiger partial charge in [-0.15, -0.1) is 0 Å². The van der Waals surface area contributed by atoms with Crippen molar-refractivity contribution in [3.63, 3.8) is 0 Å². The molecule has 1 heterocycles. The van der Waals surface area contributed by atoms with Crippen molar-refractivity contribution in [2.75, 3.05) is 31.6 Å². The lowest BCUT2D eigenvalue weighted by molar-refractivity contribution is 0.139. The summed E-state index contributed by atoms with van der Waals surface area (Å²) in [6.07, 6.45) is 0. The third-order valence-corrected chi connectivity index (χ3v) is 4.89. The fourth-order valence-electron chi connectivity index (χ4n) is 2.76. The van der Waals surface area contributed by atoms with Gasteiger partial charge in [0.15, 0.2) is 0 Å². The topological polar surface area (TPSA) is 18.5 Å². The second-order valence-electron chi connectivity index (χ2n) is 6.96. The molecule has 21 heavy (non-hydrogen) atoms. The molecule has 1 fully saturated rings. The smallest absolute Gasteiger partial charge is 0.0413 e. The fraction of sp³-hybridized carbons (Fsp3) is 0.647. The lowest BCUT2D eigenvalue weighted by atomic mass is 9.98. The summed E-state index contributed by atoms with van der Waals surface area (Å²) < 4.78 is 1.15. The Hall–Kier alpha value is -0.580. The summed E-state index contributed by atoms with van der Waals surface area (Å²) in [6.45, 7) is 13.2. The van der Waals surface area contributed by atoms with Gasteiger partial charge in [0.05, 0.1) is 0 Å². The van der Waals surface area contributed by atoms with Crippen LogP contribution in [-0.4, -0.2) is 43.2 Å². The fourth-order valence-corrected chi connectivity index (χ4v) is 3.17. The van der Waals surface area contributed by atoms with E-state index in [-0.39, 0.29) is 5.54 Å². The van der Waals surface area contributed by atoms with Gasteiger partial charge in [0.25, 0.3) is 0 Å². The molecule has 0 radical (unpaired) electrons. The molecular weight excluding hydrogens is 326 g/mol. The van der Waals surface area contributed by atoms with Gasteiger partial charge in [0, 0.05) is 47.9 Å². The summed E-state index contributed by atoms with van der Waals surface area (Å²) in [5, 5.41) is 3.54. The van der Waals surface area contributed by atoms with Gasteiger partial charge in [-0.25, -0.2) is 0 Å². The van der Waals surface area contributed by atoms with E-state index >= 15 is 0 Å². The van der Waals surface area contributed by atoms with Crippen LogP contribution in [0.3, 0.4) is 0 Å². The van der Waals surface area contributed by atoms with Gasteiger partial charge in [-0.1, -0.05) is 29.8 Å². The van der Waals surface area contributed by atoms with Gasteiger partial charge in [-0.3, -0.25) is 4.90 Å². The third-order valence-electron chi connectivity index (χ3n) is 4.40. The van der Waals surface area contributed by atoms with Crippen molar-refractivity contribution >= 4 is 21.6 Å². The first kappa shape index (κ1) is 16.8. The number of benzene rings is 1. The molecule has 0 unspecified atom stereocenters. The average molecular weight is 354 g/mol. The molecule has 0 aliphatic carbocycles. The molecule has 0 saturated carbocycles. The molecular formula is C17H28BrN3. The lowest BCUT2D eigenvalue weighted by Gasteiger charge is -2.46. The molecule has 1 aromatic carbocycles. The Kier molecular flexibility index (Phi) is 5.33. The third kappa shape index (κ3) is 4.21. The van der Waals surface area contributed by atoms with E-state index in [0.29, 0.717) is 6.04 Å². The molecule has 4 heteroatoms. The monoisotopic (exact) mass is 353 g/mol. The van der Waals surface area contributed by atoms with Gasteiger partial charge < -0.3 is 10.2 Å². The molecule has 0 spiro atoms. The van der Waals surface area contributed by atoms with E-state index in [1.54, 1.807) is 0 Å². The van der Waals surface area contributed by atoms with E-state index in [0.717, 1.165) is 30.7 Å². The molecule has 0 atom stereocenters. The van der Waals surface area contributed by atoms with Crippen LogP contribution in [0.5, 0.6) is 0 Å². The maximum Gasteiger partial charge on any atom is 0.0413 e. The van der Waals surface area contributed by atoms with Gasteiger partial charge >= 0.3 is 0 Å². The number of hydrogen-bond donors (Lipinski definition) is 1. The molecule has 2 rings (SSSR count). The van der Waals surface area contributed by atoms with E-state index in [4.69, 9.17) is 0 Å². The highest BCUT2D eigenvalue weighted by molar-refractivity contribution is 9.10. The maximum absolute atomic E-state index is 3.60. The Morgan fingerprint density at radius 2 is 2.00 bits per heavy atom. The predicted molar refractivity (Wildman–Crippen MR) is 95.0 cm³/mol. The summed E-state index contributed by atoms with van der Waals surface area (Å²) in [5.74, 6) is 0. The zero-order valence-electron chi connectivity index (χ0n) is 13.9. The minimum atomic E-state index is 0.216. The Morgan fingerprint density at radius 3 is 2.62 bits per heavy atom. The van der Waals surface area contributed by atoms with Crippen molar-refractivity contribution in [1.29, 1.82) is 0 Å². The van der Waals surface area contributed by atoms with E-state index in [2.05, 4.69) is 84.0 Å². The highest BCUT2D eigenvalue weighted by atomic mass is 79.9. The normalized spacial score (nSPS) is 19.3. The summed E-state index contributed by atoms with van der Waals surface area (Å²) in [6, 6.07) is 7.15. The highest BCUT2D eigenvalue weighted by Crippen LogP contribution is 2.29. The number of halogens is 1. The Morgan fingerprint density at radius 1 is 1.29 bits per heavy atom. The van der Waals surface area contributed by atoms with E-state index in [1.165, 1.54) is 11.3 Å². The van der Waals surface area contributed by atoms with Gasteiger partial charge in [-0.2, -0.15) is 0 Å². The lowest BCUT2D eigenvalue weighted by Crippen LogP contribution is -2.57. The molecule has 118 valence electrons. The SMILES string of the molecule is CC(C)NCc1cc(Br)ccc1N1CCN(C)C(C)(C)C1. The number of nitrogens with one attached hydrogen (secondary N) is 1. The van der Waals surface area contributed by atoms with Gasteiger partial charge in [-0.05, 0) is 44.7 Å². The minimum absolute atomic E-state index is 0.216. The number of likely N-dealkylation sites (N-methyl/N-ethyl adjacent to an activating group) is 1. The van der Waals surface area contributed by atoms with Gasteiger partial charge in [0.1, 0.15) is 0 Å². The standard InChI is InChI=1S/C17H28BrN3/c1-13(2)19-11-14-10-15(18)6-7-16(14)21-9-8-20(5)17(3,4)12-21/h6-7,10,13,19H,8-9,11-12H2,1-5H3. The van der Waals surface area contributed by atoms with Crippen molar-refractivity contribution in [1.82, 2.24) is 10.2 Å². The summed E-state index contributed by atoms with van der Waals surface area (Å²) in [4.78, 5) is 4.98. The molecule has 3 nitrogen and oxygen atoms in total. The van der Waals surface area contributed by atoms with Crippen LogP contribution in [0.25, 0.3) is 0 Å². The van der Waals surface area contributed by atoms with E-state index < -0.39 is 0 Å². The van der Waals surface area contributed by atoms with Crippen molar-refractivity contribution in [3.8, 4) is 0 Å². The van der Waals surface area contributed by atoms with E-state index in [9.17, 15) is 0 Å². The second kappa shape index (κ2) is 6.67. The van der Waals surface area contributed by atoms with Crippen LogP contribution < -0.4 is 10.2 Å². The van der Waals surface area contributed by atoms with E-state index in [1.807, 2.05) is 0 Å². The number of rotatable bonds is 4. The summed E-state index contributed by atoms with van der Waals surface area (Å²) >= 11 is 3.60. The summed E-state index contributed by atoms with van der Waals surface area (Å²) in [7, 11) is 2.22. The van der Waals surface area contributed by atoms with Crippen LogP contribution in [-0.2, 0) is 6.54 Å². The number of piperazine rings is 1. The molecule has 1 aromatic rings. The van der Waals surface area contributed by atoms with Crippen LogP contribution in [0.4, 0.5) is 5.69 Å². The van der Waals surface area contributed by atoms with Crippen LogP contribution >= 0.6 is 15.9 Å². The molecule has 0 amide bonds. The van der Waals surface area contributed by atoms with Crippen LogP contribution in [0.15, 0.2) is 22.7 Å². The van der Waals surface area contributed by atoms with Crippen LogP contribution in [0.1, 0.15) is 33.3 Å². The van der Waals surface area contributed by atoms with Crippen molar-refractivity contribution in [2.24, 2.45) is 0 Å². The number of anilines is 1. The molecule has 1 aliphatic heterocycles. The number of hydrogen-bond acceptors (Lipinski definition) is 3. The first-order valence-corrected chi connectivity index (χ1v) is 8.57. The largest absolute Gasteiger partial charge is 0.368 e. The predicted octanol–water partition coefficient (Wildman–Crippen LogP) is 3.48. The quantitative estimate of drug-likeness (QED) is 0.893. The average Bonchev–Trinajstić information content (AvgIpc) is 2.39. The Balaban J connectivity index is 2.22. The van der Waals surface area contributed by atoms with Crippen molar-refractivity contribution < 1.29 is 0 Å². The first-order valence-electron chi connectivity index (χ1n) is 7.77. The maximum atomic E-state index is 3.60. The Labute approximate surface area is 137 Å². The summed E-state index contributed by atoms with van der Waals surface area (Å²) in [5.41, 5.74) is 2.96. The number of nitrogens with zero attached hydrogens (tertiary/aromatic N) is 2. The van der Waals surface area contributed by atoms with Gasteiger partial charge in [0.2, 0.25) is 0 Å². The second-order valence-corrected chi connectivity index (χ2v) is 7.88. The van der Waals surface area contributed by atoms with Crippen molar-refractivity contribution in [3.05, 3.63) is 28.2 Å². The van der Waals surface area contributed by atoms with Crippen LogP contribution in [0.2, 0.25) is 0 Å². The molecule has 1 N–H and O–H groups in total.